The van der Waals surface area contributed by atoms with Crippen LogP contribution in [-0.4, -0.2) is 19.5 Å². The van der Waals surface area contributed by atoms with Gasteiger partial charge in [0.05, 0.1) is 11.0 Å². The fourth-order valence-corrected chi connectivity index (χ4v) is 8.02. The van der Waals surface area contributed by atoms with Crippen LogP contribution in [0.15, 0.2) is 199 Å². The van der Waals surface area contributed by atoms with Crippen molar-refractivity contribution in [3.8, 4) is 62.1 Å². The van der Waals surface area contributed by atoms with Gasteiger partial charge in [-0.05, 0) is 76.9 Å². The van der Waals surface area contributed by atoms with E-state index in [0.29, 0.717) is 17.5 Å². The van der Waals surface area contributed by atoms with E-state index < -0.39 is 0 Å². The Hall–Kier alpha value is -7.63. The van der Waals surface area contributed by atoms with Crippen LogP contribution in [0.25, 0.3) is 106 Å². The van der Waals surface area contributed by atoms with Gasteiger partial charge in [0.15, 0.2) is 17.5 Å². The Morgan fingerprint density at radius 3 is 1.62 bits per heavy atom. The molecule has 262 valence electrons. The molecule has 3 heterocycles. The number of benzene rings is 8. The topological polar surface area (TPSA) is 56.7 Å². The second kappa shape index (κ2) is 13.0. The van der Waals surface area contributed by atoms with Gasteiger partial charge in [-0.1, -0.05) is 140 Å². The van der Waals surface area contributed by atoms with Crippen molar-refractivity contribution in [3.63, 3.8) is 0 Å². The van der Waals surface area contributed by atoms with Gasteiger partial charge < -0.3 is 8.98 Å². The second-order valence-electron chi connectivity index (χ2n) is 14.0. The highest BCUT2D eigenvalue weighted by Crippen LogP contribution is 2.41. The molecule has 8 aromatic carbocycles. The fraction of sp³-hybridized carbons (Fsp3) is 0. The second-order valence-corrected chi connectivity index (χ2v) is 14.0. The normalized spacial score (nSPS) is 11.6. The molecule has 0 bridgehead atoms. The Kier molecular flexibility index (Phi) is 7.42. The molecule has 0 radical (unpaired) electrons. The molecule has 0 aliphatic carbocycles. The van der Waals surface area contributed by atoms with Gasteiger partial charge in [-0.3, -0.25) is 0 Å². The zero-order valence-electron chi connectivity index (χ0n) is 30.2. The molecule has 5 heteroatoms. The van der Waals surface area contributed by atoms with Crippen LogP contribution in [0, 0.1) is 0 Å². The highest BCUT2D eigenvalue weighted by molar-refractivity contribution is 6.17. The third-order valence-electron chi connectivity index (χ3n) is 10.6. The van der Waals surface area contributed by atoms with Gasteiger partial charge in [0.25, 0.3) is 0 Å². The predicted molar refractivity (Wildman–Crippen MR) is 229 cm³/mol. The summed E-state index contributed by atoms with van der Waals surface area (Å²) >= 11 is 0. The molecule has 56 heavy (non-hydrogen) atoms. The number of para-hydroxylation sites is 2. The largest absolute Gasteiger partial charge is 0.456 e. The van der Waals surface area contributed by atoms with E-state index in [1.54, 1.807) is 0 Å². The molecule has 0 spiro atoms. The lowest BCUT2D eigenvalue weighted by Crippen LogP contribution is -2.00. The van der Waals surface area contributed by atoms with Crippen molar-refractivity contribution in [2.45, 2.75) is 0 Å². The molecule has 11 aromatic rings. The van der Waals surface area contributed by atoms with Gasteiger partial charge in [-0.25, -0.2) is 15.0 Å². The van der Waals surface area contributed by atoms with Crippen LogP contribution in [0.5, 0.6) is 0 Å². The van der Waals surface area contributed by atoms with Crippen molar-refractivity contribution in [2.75, 3.05) is 0 Å². The first-order chi connectivity index (χ1) is 27.7. The van der Waals surface area contributed by atoms with E-state index in [0.717, 1.165) is 77.6 Å². The standard InChI is InChI=1S/C51H32N4O/c1-4-14-33(15-5-1)49-52-50(34-16-6-2-7-17-34)54-51(53-49)38-19-12-18-37(30-38)40-23-13-24-45-48(40)43-32-35(26-28-44(43)55(45)39-20-8-3-9-21-39)36-27-29-47-42(31-36)41-22-10-11-25-46(41)56-47/h1-32H. The van der Waals surface area contributed by atoms with Gasteiger partial charge >= 0.3 is 0 Å². The Balaban J connectivity index is 1.11. The number of fused-ring (bicyclic) bond motifs is 6. The Morgan fingerprint density at radius 2 is 0.893 bits per heavy atom. The molecule has 3 aromatic heterocycles. The van der Waals surface area contributed by atoms with Gasteiger partial charge in [0, 0.05) is 43.9 Å². The molecule has 0 aliphatic heterocycles. The first-order valence-corrected chi connectivity index (χ1v) is 18.8. The predicted octanol–water partition coefficient (Wildman–Crippen LogP) is 13.2. The summed E-state index contributed by atoms with van der Waals surface area (Å²) in [5.74, 6) is 1.91. The van der Waals surface area contributed by atoms with Crippen LogP contribution in [0.2, 0.25) is 0 Å². The van der Waals surface area contributed by atoms with Crippen LogP contribution < -0.4 is 0 Å². The molecule has 0 saturated heterocycles. The number of hydrogen-bond donors (Lipinski definition) is 0. The van der Waals surface area contributed by atoms with Crippen LogP contribution in [-0.2, 0) is 0 Å². The van der Waals surface area contributed by atoms with E-state index >= 15 is 0 Å². The van der Waals surface area contributed by atoms with E-state index in [9.17, 15) is 0 Å². The zero-order chi connectivity index (χ0) is 37.0. The van der Waals surface area contributed by atoms with E-state index in [1.165, 1.54) is 10.8 Å². The van der Waals surface area contributed by atoms with Crippen molar-refractivity contribution in [1.82, 2.24) is 19.5 Å². The minimum Gasteiger partial charge on any atom is -0.456 e. The van der Waals surface area contributed by atoms with Crippen LogP contribution in [0.1, 0.15) is 0 Å². The third-order valence-corrected chi connectivity index (χ3v) is 10.6. The van der Waals surface area contributed by atoms with E-state index in [1.807, 2.05) is 72.8 Å². The van der Waals surface area contributed by atoms with Crippen molar-refractivity contribution in [3.05, 3.63) is 194 Å². The summed E-state index contributed by atoms with van der Waals surface area (Å²) in [5.41, 5.74) is 12.5. The maximum absolute atomic E-state index is 6.17. The summed E-state index contributed by atoms with van der Waals surface area (Å²) in [7, 11) is 0. The van der Waals surface area contributed by atoms with Crippen molar-refractivity contribution >= 4 is 43.7 Å². The highest BCUT2D eigenvalue weighted by atomic mass is 16.3. The molecular weight excluding hydrogens is 685 g/mol. The summed E-state index contributed by atoms with van der Waals surface area (Å²) in [5, 5.41) is 4.60. The quantitative estimate of drug-likeness (QED) is 0.172. The SMILES string of the molecule is c1ccc(-c2nc(-c3ccccc3)nc(-c3cccc(-c4cccc5c4c4cc(-c6ccc7oc8ccccc8c7c6)ccc4n5-c4ccccc4)c3)n2)cc1. The first-order valence-electron chi connectivity index (χ1n) is 18.8. The van der Waals surface area contributed by atoms with Gasteiger partial charge in [-0.2, -0.15) is 0 Å². The molecular formula is C51H32N4O. The molecule has 0 fully saturated rings. The number of rotatable bonds is 6. The Morgan fingerprint density at radius 1 is 0.339 bits per heavy atom. The van der Waals surface area contributed by atoms with Gasteiger partial charge in [-0.15, -0.1) is 0 Å². The summed E-state index contributed by atoms with van der Waals surface area (Å²) in [4.78, 5) is 15.0. The average molecular weight is 717 g/mol. The van der Waals surface area contributed by atoms with Crippen LogP contribution in [0.4, 0.5) is 0 Å². The maximum atomic E-state index is 6.17. The van der Waals surface area contributed by atoms with Crippen LogP contribution >= 0.6 is 0 Å². The lowest BCUT2D eigenvalue weighted by Gasteiger charge is -2.11. The van der Waals surface area contributed by atoms with E-state index in [2.05, 4.69) is 126 Å². The van der Waals surface area contributed by atoms with E-state index in [-0.39, 0.29) is 0 Å². The molecule has 0 N–H and O–H groups in total. The summed E-state index contributed by atoms with van der Waals surface area (Å²) in [6.07, 6.45) is 0. The molecule has 0 saturated carbocycles. The monoisotopic (exact) mass is 716 g/mol. The molecule has 0 atom stereocenters. The number of aromatic nitrogens is 4. The van der Waals surface area contributed by atoms with Crippen molar-refractivity contribution in [1.29, 1.82) is 0 Å². The number of nitrogens with zero attached hydrogens (tertiary/aromatic N) is 4. The lowest BCUT2D eigenvalue weighted by atomic mass is 9.96. The Bertz CT molecular complexity index is 3180. The smallest absolute Gasteiger partial charge is 0.164 e. The van der Waals surface area contributed by atoms with Crippen molar-refractivity contribution < 1.29 is 4.42 Å². The summed E-state index contributed by atoms with van der Waals surface area (Å²) < 4.78 is 8.55. The molecule has 0 aliphatic rings. The minimum absolute atomic E-state index is 0.628. The van der Waals surface area contributed by atoms with Gasteiger partial charge in [0.2, 0.25) is 0 Å². The van der Waals surface area contributed by atoms with Crippen LogP contribution in [0.3, 0.4) is 0 Å². The minimum atomic E-state index is 0.628. The number of furan rings is 1. The Labute approximate surface area is 322 Å². The third kappa shape index (κ3) is 5.37. The summed E-state index contributed by atoms with van der Waals surface area (Å²) in [6.45, 7) is 0. The lowest BCUT2D eigenvalue weighted by molar-refractivity contribution is 0.669. The fourth-order valence-electron chi connectivity index (χ4n) is 8.02. The average Bonchev–Trinajstić information content (AvgIpc) is 3.82. The molecule has 5 nitrogen and oxygen atoms in total. The summed E-state index contributed by atoms with van der Waals surface area (Å²) in [6, 6.07) is 67.6. The highest BCUT2D eigenvalue weighted by Gasteiger charge is 2.19. The number of hydrogen-bond acceptors (Lipinski definition) is 4. The van der Waals surface area contributed by atoms with E-state index in [4.69, 9.17) is 19.4 Å². The maximum Gasteiger partial charge on any atom is 0.164 e. The molecule has 0 amide bonds. The molecule has 0 unspecified atom stereocenters. The first kappa shape index (κ1) is 31.9. The van der Waals surface area contributed by atoms with Gasteiger partial charge in [0.1, 0.15) is 11.2 Å². The van der Waals surface area contributed by atoms with Crippen molar-refractivity contribution in [2.24, 2.45) is 0 Å². The zero-order valence-corrected chi connectivity index (χ0v) is 30.2. The molecule has 11 rings (SSSR count).